The summed E-state index contributed by atoms with van der Waals surface area (Å²) in [5.41, 5.74) is 2.61. The molecule has 6 heteroatoms. The first-order chi connectivity index (χ1) is 10.9. The molecule has 1 aromatic carbocycles. The normalized spacial score (nSPS) is 12.0. The minimum absolute atomic E-state index is 0. The number of aliphatic imine (C=N–C) groups is 1. The molecule has 0 atom stereocenters. The van der Waals surface area contributed by atoms with E-state index in [0.717, 1.165) is 25.6 Å². The van der Waals surface area contributed by atoms with Crippen molar-refractivity contribution >= 4 is 41.7 Å². The number of nitrogens with one attached hydrogen (secondary N) is 2. The SMILES string of the molecule is CCNC(=NCc1ccccc1CN(C)C)NCC(C)(C)SC.I. The Bertz CT molecular complexity index is 504. The summed E-state index contributed by atoms with van der Waals surface area (Å²) in [5, 5.41) is 6.78. The average Bonchev–Trinajstić information content (AvgIpc) is 2.51. The molecule has 0 saturated carbocycles. The van der Waals surface area contributed by atoms with E-state index < -0.39 is 0 Å². The van der Waals surface area contributed by atoms with Gasteiger partial charge in [-0.15, -0.1) is 24.0 Å². The lowest BCUT2D eigenvalue weighted by Gasteiger charge is -2.23. The molecule has 0 unspecified atom stereocenters. The fraction of sp³-hybridized carbons (Fsp3) is 0.611. The van der Waals surface area contributed by atoms with Crippen molar-refractivity contribution in [1.82, 2.24) is 15.5 Å². The molecule has 1 aromatic rings. The molecule has 0 radical (unpaired) electrons. The first kappa shape index (κ1) is 23.5. The van der Waals surface area contributed by atoms with E-state index in [1.54, 1.807) is 0 Å². The maximum atomic E-state index is 4.76. The number of nitrogens with zero attached hydrogens (tertiary/aromatic N) is 2. The van der Waals surface area contributed by atoms with Gasteiger partial charge < -0.3 is 15.5 Å². The Kier molecular flexibility index (Phi) is 11.7. The molecule has 0 spiro atoms. The standard InChI is InChI=1S/C18H32N4S.HI/c1-7-19-17(21-14-18(2,3)23-6)20-12-15-10-8-9-11-16(15)13-22(4)5;/h8-11H,7,12-14H2,1-6H3,(H2,19,20,21);1H. The minimum Gasteiger partial charge on any atom is -0.357 e. The third-order valence-corrected chi connectivity index (χ3v) is 4.84. The highest BCUT2D eigenvalue weighted by Gasteiger charge is 2.16. The number of hydrogen-bond donors (Lipinski definition) is 2. The van der Waals surface area contributed by atoms with Crippen molar-refractivity contribution in [1.29, 1.82) is 0 Å². The number of benzene rings is 1. The van der Waals surface area contributed by atoms with Gasteiger partial charge in [0.15, 0.2) is 5.96 Å². The van der Waals surface area contributed by atoms with Gasteiger partial charge in [-0.25, -0.2) is 4.99 Å². The van der Waals surface area contributed by atoms with Gasteiger partial charge in [-0.1, -0.05) is 24.3 Å². The molecule has 0 heterocycles. The van der Waals surface area contributed by atoms with Gasteiger partial charge in [-0.2, -0.15) is 11.8 Å². The van der Waals surface area contributed by atoms with Crippen LogP contribution >= 0.6 is 35.7 Å². The molecular formula is C18H33IN4S. The van der Waals surface area contributed by atoms with Crippen LogP contribution in [0.5, 0.6) is 0 Å². The first-order valence-corrected chi connectivity index (χ1v) is 9.39. The lowest BCUT2D eigenvalue weighted by molar-refractivity contribution is 0.401. The Morgan fingerprint density at radius 2 is 1.79 bits per heavy atom. The number of guanidine groups is 1. The van der Waals surface area contributed by atoms with Crippen LogP contribution in [0.3, 0.4) is 0 Å². The first-order valence-electron chi connectivity index (χ1n) is 8.17. The predicted molar refractivity (Wildman–Crippen MR) is 120 cm³/mol. The van der Waals surface area contributed by atoms with Gasteiger partial charge in [0.2, 0.25) is 0 Å². The lowest BCUT2D eigenvalue weighted by Crippen LogP contribution is -2.43. The third-order valence-electron chi connectivity index (χ3n) is 3.59. The zero-order valence-corrected chi connectivity index (χ0v) is 19.0. The van der Waals surface area contributed by atoms with E-state index in [4.69, 9.17) is 4.99 Å². The molecule has 0 aliphatic carbocycles. The summed E-state index contributed by atoms with van der Waals surface area (Å²) in [4.78, 5) is 6.94. The number of rotatable bonds is 8. The Hall–Kier alpha value is -0.470. The van der Waals surface area contributed by atoms with Crippen molar-refractivity contribution in [3.8, 4) is 0 Å². The molecule has 0 fully saturated rings. The van der Waals surface area contributed by atoms with E-state index in [2.05, 4.69) is 80.9 Å². The Labute approximate surface area is 169 Å². The zero-order valence-electron chi connectivity index (χ0n) is 15.8. The summed E-state index contributed by atoms with van der Waals surface area (Å²) in [7, 11) is 4.19. The van der Waals surface area contributed by atoms with Crippen molar-refractivity contribution < 1.29 is 0 Å². The van der Waals surface area contributed by atoms with Gasteiger partial charge in [-0.3, -0.25) is 0 Å². The van der Waals surface area contributed by atoms with Crippen LogP contribution in [-0.2, 0) is 13.1 Å². The van der Waals surface area contributed by atoms with Crippen molar-refractivity contribution in [2.24, 2.45) is 4.99 Å². The maximum absolute atomic E-state index is 4.76. The summed E-state index contributed by atoms with van der Waals surface area (Å²) >= 11 is 1.86. The second kappa shape index (κ2) is 12.0. The van der Waals surface area contributed by atoms with Gasteiger partial charge in [-0.05, 0) is 52.2 Å². The van der Waals surface area contributed by atoms with Crippen LogP contribution in [0.25, 0.3) is 0 Å². The van der Waals surface area contributed by atoms with Gasteiger partial charge in [0.1, 0.15) is 0 Å². The monoisotopic (exact) mass is 464 g/mol. The fourth-order valence-corrected chi connectivity index (χ4v) is 2.30. The van der Waals surface area contributed by atoms with Crippen LogP contribution in [0.1, 0.15) is 31.9 Å². The van der Waals surface area contributed by atoms with Crippen LogP contribution in [0, 0.1) is 0 Å². The van der Waals surface area contributed by atoms with Crippen LogP contribution in [0.15, 0.2) is 29.3 Å². The number of thioether (sulfide) groups is 1. The van der Waals surface area contributed by atoms with Gasteiger partial charge in [0, 0.05) is 24.4 Å². The van der Waals surface area contributed by atoms with Crippen molar-refractivity contribution in [3.63, 3.8) is 0 Å². The Balaban J connectivity index is 0.00000529. The maximum Gasteiger partial charge on any atom is 0.191 e. The molecule has 4 nitrogen and oxygen atoms in total. The number of hydrogen-bond acceptors (Lipinski definition) is 3. The summed E-state index contributed by atoms with van der Waals surface area (Å²) in [6.45, 7) is 9.95. The second-order valence-electron chi connectivity index (χ2n) is 6.52. The van der Waals surface area contributed by atoms with Gasteiger partial charge in [0.25, 0.3) is 0 Å². The minimum atomic E-state index is 0. The van der Waals surface area contributed by atoms with Gasteiger partial charge in [0.05, 0.1) is 6.54 Å². The molecule has 2 N–H and O–H groups in total. The predicted octanol–water partition coefficient (Wildman–Crippen LogP) is 3.56. The van der Waals surface area contributed by atoms with Crippen LogP contribution in [0.2, 0.25) is 0 Å². The van der Waals surface area contributed by atoms with Crippen molar-refractivity contribution in [2.45, 2.75) is 38.6 Å². The molecule has 0 saturated heterocycles. The largest absolute Gasteiger partial charge is 0.357 e. The Morgan fingerprint density at radius 1 is 1.17 bits per heavy atom. The molecule has 1 rings (SSSR count). The van der Waals surface area contributed by atoms with E-state index in [0.29, 0.717) is 6.54 Å². The van der Waals surface area contributed by atoms with Gasteiger partial charge >= 0.3 is 0 Å². The highest BCUT2D eigenvalue weighted by atomic mass is 127. The highest BCUT2D eigenvalue weighted by Crippen LogP contribution is 2.19. The highest BCUT2D eigenvalue weighted by molar-refractivity contribution is 14.0. The molecule has 138 valence electrons. The van der Waals surface area contributed by atoms with E-state index in [1.165, 1.54) is 11.1 Å². The van der Waals surface area contributed by atoms with Crippen LogP contribution < -0.4 is 10.6 Å². The molecule has 0 amide bonds. The van der Waals surface area contributed by atoms with Crippen LogP contribution in [0.4, 0.5) is 0 Å². The summed E-state index contributed by atoms with van der Waals surface area (Å²) in [6.07, 6.45) is 2.14. The zero-order chi connectivity index (χ0) is 17.3. The Morgan fingerprint density at radius 3 is 2.33 bits per heavy atom. The van der Waals surface area contributed by atoms with E-state index >= 15 is 0 Å². The smallest absolute Gasteiger partial charge is 0.191 e. The summed E-state index contributed by atoms with van der Waals surface area (Å²) in [5.74, 6) is 0.884. The summed E-state index contributed by atoms with van der Waals surface area (Å²) < 4.78 is 0.193. The summed E-state index contributed by atoms with van der Waals surface area (Å²) in [6, 6.07) is 8.53. The van der Waals surface area contributed by atoms with E-state index in [-0.39, 0.29) is 28.7 Å². The van der Waals surface area contributed by atoms with E-state index in [1.807, 2.05) is 11.8 Å². The molecule has 0 aliphatic heterocycles. The van der Waals surface area contributed by atoms with Crippen molar-refractivity contribution in [2.75, 3.05) is 33.4 Å². The molecule has 0 aromatic heterocycles. The lowest BCUT2D eigenvalue weighted by atomic mass is 10.1. The molecule has 24 heavy (non-hydrogen) atoms. The quantitative estimate of drug-likeness (QED) is 0.351. The molecule has 0 aliphatic rings. The third kappa shape index (κ3) is 9.13. The van der Waals surface area contributed by atoms with E-state index in [9.17, 15) is 0 Å². The topological polar surface area (TPSA) is 39.7 Å². The second-order valence-corrected chi connectivity index (χ2v) is 8.03. The fourth-order valence-electron chi connectivity index (χ4n) is 2.08. The van der Waals surface area contributed by atoms with Crippen molar-refractivity contribution in [3.05, 3.63) is 35.4 Å². The number of halogens is 1. The average molecular weight is 464 g/mol. The molecular weight excluding hydrogens is 431 g/mol. The van der Waals surface area contributed by atoms with Crippen LogP contribution in [-0.4, -0.2) is 49.0 Å². The molecule has 0 bridgehead atoms.